The summed E-state index contributed by atoms with van der Waals surface area (Å²) in [6.45, 7) is 3.85. The molecule has 2 aromatic carbocycles. The largest absolute Gasteiger partial charge is 0.491 e. The average Bonchev–Trinajstić information content (AvgIpc) is 3.40. The van der Waals surface area contributed by atoms with Crippen LogP contribution in [0.1, 0.15) is 18.5 Å². The zero-order valence-electron chi connectivity index (χ0n) is 21.6. The second kappa shape index (κ2) is 11.2. The molecule has 0 radical (unpaired) electrons. The Bertz CT molecular complexity index is 1510. The van der Waals surface area contributed by atoms with Gasteiger partial charge in [0.05, 0.1) is 34.5 Å². The quantitative estimate of drug-likeness (QED) is 0.288. The third-order valence-electron chi connectivity index (χ3n) is 7.14. The maximum absolute atomic E-state index is 5.75. The van der Waals surface area contributed by atoms with Gasteiger partial charge in [0.25, 0.3) is 0 Å². The van der Waals surface area contributed by atoms with E-state index in [2.05, 4.69) is 56.6 Å². The molecule has 4 heterocycles. The van der Waals surface area contributed by atoms with Gasteiger partial charge in [-0.3, -0.25) is 9.55 Å². The zero-order chi connectivity index (χ0) is 25.7. The Morgan fingerprint density at radius 1 is 0.947 bits per heavy atom. The number of methoxy groups -OCH3 is 1. The molecule has 5 aromatic rings. The number of nitrogens with one attached hydrogen (secondary N) is 1. The van der Waals surface area contributed by atoms with Crippen LogP contribution in [0.4, 0.5) is 5.69 Å². The Hall–Kier alpha value is -4.01. The van der Waals surface area contributed by atoms with Crippen molar-refractivity contribution >= 4 is 27.6 Å². The SMILES string of the molecule is COCCOc1ccc2c(c1)ncn2-c1ccc2cccc(N3CCC(NCc4ccccn4)CC3)c2n1. The first-order chi connectivity index (χ1) is 18.8. The normalized spacial score (nSPS) is 14.4. The van der Waals surface area contributed by atoms with Gasteiger partial charge in [-0.15, -0.1) is 0 Å². The molecule has 194 valence electrons. The number of benzene rings is 2. The summed E-state index contributed by atoms with van der Waals surface area (Å²) in [5.74, 6) is 1.64. The van der Waals surface area contributed by atoms with Gasteiger partial charge in [-0.1, -0.05) is 18.2 Å². The summed E-state index contributed by atoms with van der Waals surface area (Å²) >= 11 is 0. The number of hydrogen-bond donors (Lipinski definition) is 1. The van der Waals surface area contributed by atoms with Crippen LogP contribution >= 0.6 is 0 Å². The smallest absolute Gasteiger partial charge is 0.139 e. The predicted octanol–water partition coefficient (Wildman–Crippen LogP) is 4.75. The third-order valence-corrected chi connectivity index (χ3v) is 7.14. The fourth-order valence-corrected chi connectivity index (χ4v) is 5.09. The van der Waals surface area contributed by atoms with Crippen LogP contribution in [0.15, 0.2) is 79.3 Å². The van der Waals surface area contributed by atoms with Gasteiger partial charge in [0.15, 0.2) is 0 Å². The molecule has 0 unspecified atom stereocenters. The first kappa shape index (κ1) is 24.3. The van der Waals surface area contributed by atoms with Gasteiger partial charge in [0.2, 0.25) is 0 Å². The van der Waals surface area contributed by atoms with Crippen LogP contribution in [0, 0.1) is 0 Å². The number of hydrogen-bond acceptors (Lipinski definition) is 7. The number of rotatable bonds is 9. The summed E-state index contributed by atoms with van der Waals surface area (Å²) < 4.78 is 12.9. The Morgan fingerprint density at radius 2 is 1.87 bits per heavy atom. The Kier molecular flexibility index (Phi) is 7.15. The molecule has 0 saturated carbocycles. The van der Waals surface area contributed by atoms with Crippen LogP contribution in [0.3, 0.4) is 0 Å². The van der Waals surface area contributed by atoms with Crippen LogP contribution in [0.2, 0.25) is 0 Å². The van der Waals surface area contributed by atoms with Gasteiger partial charge in [-0.2, -0.15) is 0 Å². The lowest BCUT2D eigenvalue weighted by atomic mass is 10.0. The highest BCUT2D eigenvalue weighted by atomic mass is 16.5. The molecule has 1 aliphatic heterocycles. The first-order valence-corrected chi connectivity index (χ1v) is 13.2. The second-order valence-corrected chi connectivity index (χ2v) is 9.59. The van der Waals surface area contributed by atoms with E-state index in [1.165, 1.54) is 5.69 Å². The molecule has 1 N–H and O–H groups in total. The fourth-order valence-electron chi connectivity index (χ4n) is 5.09. The van der Waals surface area contributed by atoms with Gasteiger partial charge < -0.3 is 19.7 Å². The standard InChI is InChI=1S/C30H32N6O2/c1-37-17-18-38-25-9-10-27-26(19-25)33-21-36(27)29-11-8-22-5-4-7-28(30(22)34-29)35-15-12-23(13-16-35)32-20-24-6-2-3-14-31-24/h2-11,14,19,21,23,32H,12-13,15-18,20H2,1H3. The molecule has 1 fully saturated rings. The highest BCUT2D eigenvalue weighted by molar-refractivity contribution is 5.92. The highest BCUT2D eigenvalue weighted by Crippen LogP contribution is 2.30. The lowest BCUT2D eigenvalue weighted by molar-refractivity contribution is 0.146. The summed E-state index contributed by atoms with van der Waals surface area (Å²) in [6.07, 6.45) is 5.86. The monoisotopic (exact) mass is 508 g/mol. The van der Waals surface area contributed by atoms with Gasteiger partial charge in [0.1, 0.15) is 24.5 Å². The van der Waals surface area contributed by atoms with Crippen molar-refractivity contribution in [1.82, 2.24) is 24.8 Å². The minimum absolute atomic E-state index is 0.493. The van der Waals surface area contributed by atoms with Gasteiger partial charge in [-0.25, -0.2) is 9.97 Å². The van der Waals surface area contributed by atoms with Crippen LogP contribution in [-0.4, -0.2) is 59.0 Å². The molecule has 0 atom stereocenters. The number of piperidine rings is 1. The van der Waals surface area contributed by atoms with E-state index < -0.39 is 0 Å². The maximum Gasteiger partial charge on any atom is 0.139 e. The van der Waals surface area contributed by atoms with Crippen LogP contribution in [-0.2, 0) is 11.3 Å². The van der Waals surface area contributed by atoms with E-state index in [0.29, 0.717) is 19.3 Å². The van der Waals surface area contributed by atoms with Gasteiger partial charge in [-0.05, 0) is 55.3 Å². The molecule has 8 nitrogen and oxygen atoms in total. The van der Waals surface area contributed by atoms with Gasteiger partial charge >= 0.3 is 0 Å². The number of ether oxygens (including phenoxy) is 2. The molecule has 0 amide bonds. The molecule has 38 heavy (non-hydrogen) atoms. The Balaban J connectivity index is 1.20. The van der Waals surface area contributed by atoms with E-state index in [1.54, 1.807) is 7.11 Å². The van der Waals surface area contributed by atoms with E-state index in [4.69, 9.17) is 14.5 Å². The van der Waals surface area contributed by atoms with Crippen molar-refractivity contribution in [3.63, 3.8) is 0 Å². The lowest BCUT2D eigenvalue weighted by Gasteiger charge is -2.34. The minimum atomic E-state index is 0.493. The Labute approximate surface area is 222 Å². The number of pyridine rings is 2. The predicted molar refractivity (Wildman–Crippen MR) is 150 cm³/mol. The number of fused-ring (bicyclic) bond motifs is 2. The molecule has 0 spiro atoms. The number of anilines is 1. The van der Waals surface area contributed by atoms with E-state index in [0.717, 1.165) is 71.7 Å². The summed E-state index contributed by atoms with van der Waals surface area (Å²) in [5.41, 5.74) is 5.16. The van der Waals surface area contributed by atoms with Crippen molar-refractivity contribution < 1.29 is 9.47 Å². The molecule has 3 aromatic heterocycles. The molecule has 6 rings (SSSR count). The van der Waals surface area contributed by atoms with E-state index in [9.17, 15) is 0 Å². The molecular formula is C30H32N6O2. The molecular weight excluding hydrogens is 476 g/mol. The average molecular weight is 509 g/mol. The third kappa shape index (κ3) is 5.18. The molecule has 1 aliphatic rings. The molecule has 0 bridgehead atoms. The summed E-state index contributed by atoms with van der Waals surface area (Å²) in [6, 6.07) is 23.2. The van der Waals surface area contributed by atoms with E-state index >= 15 is 0 Å². The Morgan fingerprint density at radius 3 is 2.71 bits per heavy atom. The summed E-state index contributed by atoms with van der Waals surface area (Å²) in [5, 5.41) is 4.82. The molecule has 8 heteroatoms. The molecule has 0 aliphatic carbocycles. The van der Waals surface area contributed by atoms with Gasteiger partial charge in [0, 0.05) is 50.4 Å². The number of nitrogens with zero attached hydrogens (tertiary/aromatic N) is 5. The fraction of sp³-hybridized carbons (Fsp3) is 0.300. The zero-order valence-corrected chi connectivity index (χ0v) is 21.6. The van der Waals surface area contributed by atoms with Crippen molar-refractivity contribution in [2.24, 2.45) is 0 Å². The van der Waals surface area contributed by atoms with Crippen molar-refractivity contribution in [1.29, 1.82) is 0 Å². The van der Waals surface area contributed by atoms with Crippen LogP contribution in [0.25, 0.3) is 27.8 Å². The van der Waals surface area contributed by atoms with Crippen molar-refractivity contribution in [3.8, 4) is 11.6 Å². The van der Waals surface area contributed by atoms with Crippen LogP contribution in [0.5, 0.6) is 5.75 Å². The van der Waals surface area contributed by atoms with Crippen molar-refractivity contribution in [2.75, 3.05) is 38.3 Å². The van der Waals surface area contributed by atoms with Crippen molar-refractivity contribution in [3.05, 3.63) is 84.9 Å². The topological polar surface area (TPSA) is 77.3 Å². The maximum atomic E-state index is 5.75. The second-order valence-electron chi connectivity index (χ2n) is 9.59. The first-order valence-electron chi connectivity index (χ1n) is 13.2. The van der Waals surface area contributed by atoms with Crippen LogP contribution < -0.4 is 15.0 Å². The number of imidazole rings is 1. The van der Waals surface area contributed by atoms with E-state index in [1.807, 2.05) is 47.4 Å². The summed E-state index contributed by atoms with van der Waals surface area (Å²) in [4.78, 5) is 16.6. The van der Waals surface area contributed by atoms with E-state index in [-0.39, 0.29) is 0 Å². The number of para-hydroxylation sites is 1. The minimum Gasteiger partial charge on any atom is -0.491 e. The highest BCUT2D eigenvalue weighted by Gasteiger charge is 2.21. The number of aromatic nitrogens is 4. The molecule has 1 saturated heterocycles. The lowest BCUT2D eigenvalue weighted by Crippen LogP contribution is -2.42. The van der Waals surface area contributed by atoms with Crippen molar-refractivity contribution in [2.45, 2.75) is 25.4 Å². The summed E-state index contributed by atoms with van der Waals surface area (Å²) in [7, 11) is 1.67.